The van der Waals surface area contributed by atoms with Crippen LogP contribution < -0.4 is 10.6 Å². The van der Waals surface area contributed by atoms with E-state index in [4.69, 9.17) is 4.98 Å². The molecule has 0 radical (unpaired) electrons. The molecule has 14 nitrogen and oxygen atoms in total. The number of hydrogen-bond donors (Lipinski definition) is 5. The third-order valence-corrected chi connectivity index (χ3v) is 11.9. The van der Waals surface area contributed by atoms with Crippen LogP contribution in [0.3, 0.4) is 0 Å². The number of H-pyrrole nitrogens is 2. The Morgan fingerprint density at radius 1 is 0.789 bits per heavy atom. The molecule has 57 heavy (non-hydrogen) atoms. The first-order valence-corrected chi connectivity index (χ1v) is 19.7. The third kappa shape index (κ3) is 7.31. The molecule has 5 N–H and O–H groups in total. The van der Waals surface area contributed by atoms with Crippen molar-refractivity contribution in [3.63, 3.8) is 0 Å². The molecule has 2 bridgehead atoms. The first kappa shape index (κ1) is 37.7. The second kappa shape index (κ2) is 15.4. The Hall–Kier alpha value is -6.18. The molecule has 6 atom stereocenters. The molecule has 3 aliphatic rings. The van der Waals surface area contributed by atoms with Crippen LogP contribution in [0.5, 0.6) is 0 Å². The Morgan fingerprint density at radius 2 is 1.42 bits per heavy atom. The van der Waals surface area contributed by atoms with Crippen molar-refractivity contribution < 1.29 is 29.0 Å². The van der Waals surface area contributed by atoms with E-state index in [2.05, 4.69) is 91.0 Å². The van der Waals surface area contributed by atoms with Crippen LogP contribution in [0.15, 0.2) is 73.1 Å². The minimum atomic E-state index is -1.20. The van der Waals surface area contributed by atoms with Crippen molar-refractivity contribution in [3.8, 4) is 33.6 Å². The summed E-state index contributed by atoms with van der Waals surface area (Å²) in [5.41, 5.74) is 5.86. The van der Waals surface area contributed by atoms with Gasteiger partial charge in [0.2, 0.25) is 11.8 Å². The fraction of sp³-hybridized carbons (Fsp3) is 0.395. The number of carbonyl (C=O) groups excluding carboxylic acids is 3. The summed E-state index contributed by atoms with van der Waals surface area (Å²) in [6.07, 6.45) is 6.26. The van der Waals surface area contributed by atoms with Gasteiger partial charge in [0.1, 0.15) is 23.7 Å². The van der Waals surface area contributed by atoms with Crippen molar-refractivity contribution >= 4 is 34.8 Å². The van der Waals surface area contributed by atoms with Gasteiger partial charge in [-0.05, 0) is 90.5 Å². The number of amides is 4. The van der Waals surface area contributed by atoms with Gasteiger partial charge in [0.15, 0.2) is 0 Å². The van der Waals surface area contributed by atoms with Crippen molar-refractivity contribution in [2.75, 3.05) is 13.7 Å². The number of rotatable bonds is 10. The molecule has 1 saturated carbocycles. The molecule has 3 fully saturated rings. The number of aromatic nitrogens is 4. The van der Waals surface area contributed by atoms with E-state index in [-0.39, 0.29) is 41.8 Å². The standard InChI is InChI=1S/C43H48N8O6/c1-23(2)36(49-42(54)55)41(53)51-32-16-15-31(20-32)37(51)39-45-22-34(48-39)30-14-13-28-18-27(11-12-29(28)19-30)25-7-9-26(10-8-25)33-21-44-38(47-33)35-6-5-17-50(35)40(52)24(3)46-43(56)57-4/h7-14,18-19,21-24,31-32,35-37,49H,5-6,15-17,20H2,1-4H3,(H,44,47)(H,45,48)(H,46,56)(H,54,55). The number of piperidine rings is 1. The topological polar surface area (TPSA) is 186 Å². The fourth-order valence-corrected chi connectivity index (χ4v) is 9.05. The first-order chi connectivity index (χ1) is 27.5. The van der Waals surface area contributed by atoms with Gasteiger partial charge in [-0.15, -0.1) is 0 Å². The maximum atomic E-state index is 13.8. The maximum absolute atomic E-state index is 13.8. The van der Waals surface area contributed by atoms with Crippen molar-refractivity contribution in [2.45, 2.75) is 83.1 Å². The van der Waals surface area contributed by atoms with E-state index in [1.807, 2.05) is 24.9 Å². The summed E-state index contributed by atoms with van der Waals surface area (Å²) >= 11 is 0. The van der Waals surface area contributed by atoms with Crippen LogP contribution in [0.1, 0.15) is 76.6 Å². The van der Waals surface area contributed by atoms with Crippen LogP contribution in [0, 0.1) is 11.8 Å². The molecule has 1 aliphatic carbocycles. The van der Waals surface area contributed by atoms with Gasteiger partial charge in [0.25, 0.3) is 0 Å². The number of likely N-dealkylation sites (tertiary alicyclic amines) is 2. The molecular weight excluding hydrogens is 725 g/mol. The van der Waals surface area contributed by atoms with Gasteiger partial charge in [0, 0.05) is 18.2 Å². The van der Waals surface area contributed by atoms with Gasteiger partial charge >= 0.3 is 12.2 Å². The molecule has 6 unspecified atom stereocenters. The van der Waals surface area contributed by atoms with E-state index in [1.165, 1.54) is 7.11 Å². The molecule has 3 aromatic carbocycles. The molecule has 8 rings (SSSR count). The highest BCUT2D eigenvalue weighted by molar-refractivity contribution is 5.91. The van der Waals surface area contributed by atoms with Crippen LogP contribution in [-0.4, -0.2) is 90.6 Å². The zero-order valence-electron chi connectivity index (χ0n) is 32.5. The second-order valence-corrected chi connectivity index (χ2v) is 15.9. The van der Waals surface area contributed by atoms with Crippen molar-refractivity contribution in [1.29, 1.82) is 0 Å². The zero-order chi connectivity index (χ0) is 40.0. The molecule has 4 heterocycles. The molecular formula is C43H48N8O6. The van der Waals surface area contributed by atoms with Crippen LogP contribution in [0.4, 0.5) is 9.59 Å². The Bertz CT molecular complexity index is 2320. The molecule has 2 aromatic heterocycles. The summed E-state index contributed by atoms with van der Waals surface area (Å²) in [6, 6.07) is 19.2. The van der Waals surface area contributed by atoms with E-state index in [0.717, 1.165) is 88.2 Å². The molecule has 4 amide bonds. The maximum Gasteiger partial charge on any atom is 0.407 e. The summed E-state index contributed by atoms with van der Waals surface area (Å²) in [6.45, 7) is 5.97. The lowest BCUT2D eigenvalue weighted by atomic mass is 9.95. The number of nitrogens with zero attached hydrogens (tertiary/aromatic N) is 4. The van der Waals surface area contributed by atoms with Crippen LogP contribution in [0.2, 0.25) is 0 Å². The van der Waals surface area contributed by atoms with E-state index in [9.17, 15) is 24.3 Å². The number of carboxylic acid groups (broad SMARTS) is 1. The number of ether oxygens (including phenoxy) is 1. The normalized spacial score (nSPS) is 21.2. The predicted molar refractivity (Wildman–Crippen MR) is 214 cm³/mol. The summed E-state index contributed by atoms with van der Waals surface area (Å²) < 4.78 is 4.65. The van der Waals surface area contributed by atoms with Gasteiger partial charge in [-0.1, -0.05) is 62.4 Å². The third-order valence-electron chi connectivity index (χ3n) is 11.9. The largest absolute Gasteiger partial charge is 0.465 e. The predicted octanol–water partition coefficient (Wildman–Crippen LogP) is 7.04. The summed E-state index contributed by atoms with van der Waals surface area (Å²) in [5, 5.41) is 16.6. The smallest absolute Gasteiger partial charge is 0.407 e. The van der Waals surface area contributed by atoms with Crippen LogP contribution in [0.25, 0.3) is 44.4 Å². The summed E-state index contributed by atoms with van der Waals surface area (Å²) in [7, 11) is 1.27. The monoisotopic (exact) mass is 772 g/mol. The lowest BCUT2D eigenvalue weighted by Crippen LogP contribution is -2.53. The van der Waals surface area contributed by atoms with E-state index < -0.39 is 24.3 Å². The first-order valence-electron chi connectivity index (χ1n) is 19.7. The Kier molecular flexibility index (Phi) is 10.2. The second-order valence-electron chi connectivity index (χ2n) is 15.9. The van der Waals surface area contributed by atoms with Gasteiger partial charge < -0.3 is 40.2 Å². The summed E-state index contributed by atoms with van der Waals surface area (Å²) in [4.78, 5) is 70.1. The molecule has 296 valence electrons. The van der Waals surface area contributed by atoms with Gasteiger partial charge in [-0.25, -0.2) is 19.6 Å². The average Bonchev–Trinajstić information content (AvgIpc) is 4.07. The number of carbonyl (C=O) groups is 4. The number of fused-ring (bicyclic) bond motifs is 3. The lowest BCUT2D eigenvalue weighted by molar-refractivity contribution is -0.139. The Morgan fingerprint density at radius 3 is 2.12 bits per heavy atom. The van der Waals surface area contributed by atoms with Gasteiger partial charge in [0.05, 0.1) is 43.0 Å². The summed E-state index contributed by atoms with van der Waals surface area (Å²) in [5.74, 6) is 1.21. The number of aromatic amines is 2. The number of methoxy groups -OCH3 is 1. The van der Waals surface area contributed by atoms with E-state index >= 15 is 0 Å². The number of benzene rings is 3. The molecule has 14 heteroatoms. The highest BCUT2D eigenvalue weighted by Crippen LogP contribution is 2.50. The lowest BCUT2D eigenvalue weighted by Gasteiger charge is -2.37. The molecule has 2 saturated heterocycles. The number of imidazole rings is 2. The van der Waals surface area contributed by atoms with E-state index in [1.54, 1.807) is 18.0 Å². The number of nitrogens with one attached hydrogen (secondary N) is 4. The van der Waals surface area contributed by atoms with Crippen molar-refractivity contribution in [1.82, 2.24) is 40.4 Å². The minimum Gasteiger partial charge on any atom is -0.465 e. The van der Waals surface area contributed by atoms with Gasteiger partial charge in [-0.3, -0.25) is 9.59 Å². The minimum absolute atomic E-state index is 0.0860. The highest BCUT2D eigenvalue weighted by Gasteiger charge is 2.51. The molecule has 2 aliphatic heterocycles. The molecule has 5 aromatic rings. The number of alkyl carbamates (subject to hydrolysis) is 1. The molecule has 0 spiro atoms. The number of hydrogen-bond acceptors (Lipinski definition) is 7. The Labute approximate surface area is 330 Å². The van der Waals surface area contributed by atoms with Crippen molar-refractivity contribution in [3.05, 3.63) is 84.7 Å². The Balaban J connectivity index is 0.956. The fourth-order valence-electron chi connectivity index (χ4n) is 9.05. The average molecular weight is 773 g/mol. The van der Waals surface area contributed by atoms with Crippen LogP contribution in [-0.2, 0) is 14.3 Å². The van der Waals surface area contributed by atoms with E-state index in [0.29, 0.717) is 6.54 Å². The highest BCUT2D eigenvalue weighted by atomic mass is 16.5. The van der Waals surface area contributed by atoms with Crippen LogP contribution >= 0.6 is 0 Å². The van der Waals surface area contributed by atoms with Crippen molar-refractivity contribution in [2.24, 2.45) is 11.8 Å². The quantitative estimate of drug-likeness (QED) is 0.100. The SMILES string of the molecule is COC(=O)NC(C)C(=O)N1CCCC1c1ncc(-c2ccc(-c3ccc4cc(-c5cnc(C6C7CCC(C7)N6C(=O)C(NC(=O)O)C(C)C)[nH]5)ccc4c3)cc2)[nH]1. The van der Waals surface area contributed by atoms with Gasteiger partial charge in [-0.2, -0.15) is 0 Å². The zero-order valence-corrected chi connectivity index (χ0v) is 32.5.